The Morgan fingerprint density at radius 1 is 1.23 bits per heavy atom. The van der Waals surface area contributed by atoms with Crippen LogP contribution in [0.1, 0.15) is 15.2 Å². The van der Waals surface area contributed by atoms with E-state index in [2.05, 4.69) is 4.98 Å². The highest BCUT2D eigenvalue weighted by atomic mass is 32.1. The first-order valence-electron chi connectivity index (χ1n) is 6.80. The molecule has 0 radical (unpaired) electrons. The second-order valence-corrected chi connectivity index (χ2v) is 7.16. The van der Waals surface area contributed by atoms with Gasteiger partial charge in [0.15, 0.2) is 10.9 Å². The maximum atomic E-state index is 12.4. The number of anilines is 1. The van der Waals surface area contributed by atoms with Gasteiger partial charge in [0, 0.05) is 20.5 Å². The van der Waals surface area contributed by atoms with Gasteiger partial charge in [0.25, 0.3) is 0 Å². The number of ether oxygens (including phenoxy) is 1. The van der Waals surface area contributed by atoms with E-state index in [0.29, 0.717) is 6.42 Å². The molecule has 0 bridgehead atoms. The van der Waals surface area contributed by atoms with E-state index in [1.165, 1.54) is 11.3 Å². The molecule has 0 saturated heterocycles. The number of nitrogens with zero attached hydrogens (tertiary/aromatic N) is 2. The van der Waals surface area contributed by atoms with Crippen LogP contribution in [-0.2, 0) is 6.42 Å². The summed E-state index contributed by atoms with van der Waals surface area (Å²) in [7, 11) is 5.57. The molecule has 0 N–H and O–H groups in total. The number of thiazole rings is 1. The fourth-order valence-corrected chi connectivity index (χ4v) is 4.14. The maximum Gasteiger partial charge on any atom is 0.186 e. The van der Waals surface area contributed by atoms with Crippen molar-refractivity contribution < 1.29 is 9.53 Å². The molecule has 3 rings (SSSR count). The Bertz CT molecular complexity index is 772. The predicted molar refractivity (Wildman–Crippen MR) is 92.9 cm³/mol. The van der Waals surface area contributed by atoms with Gasteiger partial charge in [0.2, 0.25) is 0 Å². The molecular weight excluding hydrogens is 316 g/mol. The molecule has 6 heteroatoms. The number of thiophene rings is 1. The number of methoxy groups -OCH3 is 1. The van der Waals surface area contributed by atoms with Gasteiger partial charge in [-0.05, 0) is 23.8 Å². The number of benzene rings is 1. The minimum Gasteiger partial charge on any atom is -0.497 e. The summed E-state index contributed by atoms with van der Waals surface area (Å²) in [6, 6.07) is 9.56. The molecule has 3 aromatic rings. The van der Waals surface area contributed by atoms with Crippen molar-refractivity contribution in [2.75, 3.05) is 26.1 Å². The number of rotatable bonds is 5. The summed E-state index contributed by atoms with van der Waals surface area (Å²) in [5.74, 6) is 0.931. The molecule has 0 fully saturated rings. The lowest BCUT2D eigenvalue weighted by Gasteiger charge is -2.05. The van der Waals surface area contributed by atoms with Crippen molar-refractivity contribution in [1.82, 2.24) is 4.98 Å². The second kappa shape index (κ2) is 6.06. The molecule has 0 atom stereocenters. The Morgan fingerprint density at radius 3 is 2.55 bits per heavy atom. The van der Waals surface area contributed by atoms with Gasteiger partial charge in [-0.15, -0.1) is 11.3 Å². The molecule has 2 heterocycles. The minimum absolute atomic E-state index is 0.131. The normalized spacial score (nSPS) is 10.9. The van der Waals surface area contributed by atoms with Crippen LogP contribution in [0.15, 0.2) is 30.3 Å². The molecule has 0 spiro atoms. The third-order valence-corrected chi connectivity index (χ3v) is 5.63. The average Bonchev–Trinajstić information content (AvgIpc) is 3.06. The highest BCUT2D eigenvalue weighted by Crippen LogP contribution is 2.34. The van der Waals surface area contributed by atoms with Gasteiger partial charge in [-0.25, -0.2) is 4.98 Å². The van der Waals surface area contributed by atoms with Gasteiger partial charge in [0.05, 0.1) is 16.7 Å². The summed E-state index contributed by atoms with van der Waals surface area (Å²) in [6.45, 7) is 0. The van der Waals surface area contributed by atoms with E-state index in [4.69, 9.17) is 4.74 Å². The molecule has 0 aliphatic heterocycles. The van der Waals surface area contributed by atoms with Crippen LogP contribution in [-0.4, -0.2) is 32.0 Å². The second-order valence-electron chi connectivity index (χ2n) is 5.12. The monoisotopic (exact) mass is 332 g/mol. The smallest absolute Gasteiger partial charge is 0.186 e. The average molecular weight is 332 g/mol. The van der Waals surface area contributed by atoms with Crippen molar-refractivity contribution in [2.45, 2.75) is 6.42 Å². The Labute approximate surface area is 137 Å². The van der Waals surface area contributed by atoms with E-state index >= 15 is 0 Å². The largest absolute Gasteiger partial charge is 0.497 e. The van der Waals surface area contributed by atoms with Crippen LogP contribution < -0.4 is 9.64 Å². The van der Waals surface area contributed by atoms with Crippen LogP contribution in [0.5, 0.6) is 5.75 Å². The molecule has 0 saturated carbocycles. The Morgan fingerprint density at radius 2 is 1.95 bits per heavy atom. The van der Waals surface area contributed by atoms with Crippen molar-refractivity contribution in [2.24, 2.45) is 0 Å². The lowest BCUT2D eigenvalue weighted by Crippen LogP contribution is -2.07. The van der Waals surface area contributed by atoms with Crippen LogP contribution >= 0.6 is 22.7 Å². The number of Topliss-reactive ketones (excluding diaryl/α,β-unsaturated/α-hetero) is 1. The first-order valence-corrected chi connectivity index (χ1v) is 8.44. The third-order valence-electron chi connectivity index (χ3n) is 3.26. The standard InChI is InChI=1S/C16H16N2O2S2/c1-18(2)16-17-15-14(22-16)9-13(21-15)12(19)8-10-4-6-11(20-3)7-5-10/h4-7,9H,8H2,1-3H3. The van der Waals surface area contributed by atoms with Crippen LogP contribution in [0.4, 0.5) is 5.13 Å². The first-order chi connectivity index (χ1) is 10.6. The molecule has 0 aliphatic carbocycles. The summed E-state index contributed by atoms with van der Waals surface area (Å²) in [6.07, 6.45) is 0.401. The molecule has 4 nitrogen and oxygen atoms in total. The molecule has 1 aromatic carbocycles. The molecule has 22 heavy (non-hydrogen) atoms. The quantitative estimate of drug-likeness (QED) is 0.666. The van der Waals surface area contributed by atoms with E-state index in [9.17, 15) is 4.79 Å². The van der Waals surface area contributed by atoms with E-state index in [1.807, 2.05) is 49.3 Å². The van der Waals surface area contributed by atoms with Crippen molar-refractivity contribution >= 4 is 43.1 Å². The van der Waals surface area contributed by atoms with Gasteiger partial charge in [-0.1, -0.05) is 23.5 Å². The Kier molecular flexibility index (Phi) is 4.13. The van der Waals surface area contributed by atoms with E-state index < -0.39 is 0 Å². The highest BCUT2D eigenvalue weighted by Gasteiger charge is 2.15. The lowest BCUT2D eigenvalue weighted by atomic mass is 10.1. The van der Waals surface area contributed by atoms with Crippen LogP contribution in [0.25, 0.3) is 9.53 Å². The summed E-state index contributed by atoms with van der Waals surface area (Å²) in [4.78, 5) is 20.6. The van der Waals surface area contributed by atoms with Gasteiger partial charge in [-0.2, -0.15) is 0 Å². The van der Waals surface area contributed by atoms with E-state index in [1.54, 1.807) is 18.4 Å². The Hall–Kier alpha value is -1.92. The zero-order valence-corrected chi connectivity index (χ0v) is 14.3. The zero-order valence-electron chi connectivity index (χ0n) is 12.6. The number of ketones is 1. The first kappa shape index (κ1) is 15.0. The van der Waals surface area contributed by atoms with Crippen molar-refractivity contribution in [3.8, 4) is 5.75 Å². The Balaban J connectivity index is 1.77. The molecule has 2 aromatic heterocycles. The van der Waals surface area contributed by atoms with Crippen LogP contribution in [0.3, 0.4) is 0 Å². The molecule has 0 amide bonds. The fourth-order valence-electron chi connectivity index (χ4n) is 2.07. The van der Waals surface area contributed by atoms with Gasteiger partial charge < -0.3 is 9.64 Å². The number of hydrogen-bond donors (Lipinski definition) is 0. The fraction of sp³-hybridized carbons (Fsp3) is 0.250. The summed E-state index contributed by atoms with van der Waals surface area (Å²) < 4.78 is 6.20. The minimum atomic E-state index is 0.131. The van der Waals surface area contributed by atoms with Crippen LogP contribution in [0.2, 0.25) is 0 Å². The summed E-state index contributed by atoms with van der Waals surface area (Å²) in [5.41, 5.74) is 0.990. The topological polar surface area (TPSA) is 42.4 Å². The van der Waals surface area contributed by atoms with Gasteiger partial charge >= 0.3 is 0 Å². The number of carbonyl (C=O) groups excluding carboxylic acids is 1. The van der Waals surface area contributed by atoms with Gasteiger partial charge in [0.1, 0.15) is 10.6 Å². The predicted octanol–water partition coefficient (Wildman–Crippen LogP) is 3.86. The molecule has 0 unspecified atom stereocenters. The zero-order chi connectivity index (χ0) is 15.7. The maximum absolute atomic E-state index is 12.4. The SMILES string of the molecule is COc1ccc(CC(=O)c2cc3sc(N(C)C)nc3s2)cc1. The number of hydrogen-bond acceptors (Lipinski definition) is 6. The van der Waals surface area contributed by atoms with Crippen molar-refractivity contribution in [3.05, 3.63) is 40.8 Å². The van der Waals surface area contributed by atoms with E-state index in [0.717, 1.165) is 30.9 Å². The summed E-state index contributed by atoms with van der Waals surface area (Å²) in [5, 5.41) is 0.968. The van der Waals surface area contributed by atoms with Crippen LogP contribution in [0, 0.1) is 0 Å². The van der Waals surface area contributed by atoms with E-state index in [-0.39, 0.29) is 5.78 Å². The number of carbonyl (C=O) groups is 1. The lowest BCUT2D eigenvalue weighted by molar-refractivity contribution is 0.0997. The summed E-state index contributed by atoms with van der Waals surface area (Å²) >= 11 is 3.08. The third kappa shape index (κ3) is 2.98. The number of fused-ring (bicyclic) bond motifs is 1. The molecule has 114 valence electrons. The molecule has 0 aliphatic rings. The van der Waals surface area contributed by atoms with Crippen molar-refractivity contribution in [3.63, 3.8) is 0 Å². The molecular formula is C16H16N2O2S2. The van der Waals surface area contributed by atoms with Gasteiger partial charge in [-0.3, -0.25) is 4.79 Å². The highest BCUT2D eigenvalue weighted by molar-refractivity contribution is 7.29. The number of aromatic nitrogens is 1. The van der Waals surface area contributed by atoms with Crippen molar-refractivity contribution in [1.29, 1.82) is 0 Å².